The molecule has 2 saturated heterocycles. The Morgan fingerprint density at radius 2 is 2.16 bits per heavy atom. The van der Waals surface area contributed by atoms with Crippen molar-refractivity contribution in [3.05, 3.63) is 36.2 Å². The number of aliphatic hydroxyl groups excluding tert-OH is 1. The number of fused-ring (bicyclic) bond motifs is 1. The predicted octanol–water partition coefficient (Wildman–Crippen LogP) is 1.87. The summed E-state index contributed by atoms with van der Waals surface area (Å²) >= 11 is 0. The van der Waals surface area contributed by atoms with Gasteiger partial charge < -0.3 is 19.5 Å². The van der Waals surface area contributed by atoms with Crippen molar-refractivity contribution >= 4 is 16.7 Å². The number of nitrogens with zero attached hydrogens (tertiary/aromatic N) is 5. The Bertz CT molecular complexity index is 1080. The van der Waals surface area contributed by atoms with Crippen LogP contribution in [0.15, 0.2) is 30.6 Å². The quantitative estimate of drug-likeness (QED) is 0.310. The molecule has 0 amide bonds. The summed E-state index contributed by atoms with van der Waals surface area (Å²) in [6, 6.07) is 5.83. The van der Waals surface area contributed by atoms with E-state index in [0.29, 0.717) is 36.5 Å². The summed E-state index contributed by atoms with van der Waals surface area (Å²) in [5.74, 6) is 6.36. The normalized spacial score (nSPS) is 22.9. The fraction of sp³-hybridized carbons (Fsp3) is 0.500. The van der Waals surface area contributed by atoms with E-state index in [1.807, 2.05) is 22.9 Å². The molecule has 170 valence electrons. The third-order valence-corrected chi connectivity index (χ3v) is 6.20. The highest BCUT2D eigenvalue weighted by atomic mass is 16.5. The second-order valence-corrected chi connectivity index (χ2v) is 8.29. The zero-order chi connectivity index (χ0) is 22.1. The molecular weight excluding hydrogens is 410 g/mol. The molecule has 2 unspecified atom stereocenters. The maximum absolute atomic E-state index is 10.6. The molecule has 0 aliphatic carbocycles. The SMILES string of the molecule is C[C@@H]1COCCN1c1cc(C(O)NN)c2ccnc(-c3ccnn3C3CCCCO3)c2n1. The second-order valence-electron chi connectivity index (χ2n) is 8.29. The van der Waals surface area contributed by atoms with Gasteiger partial charge in [0.1, 0.15) is 23.3 Å². The van der Waals surface area contributed by atoms with Crippen LogP contribution < -0.4 is 16.2 Å². The molecule has 3 atom stereocenters. The number of anilines is 1. The van der Waals surface area contributed by atoms with Crippen LogP contribution in [-0.4, -0.2) is 57.3 Å². The zero-order valence-corrected chi connectivity index (χ0v) is 18.1. The highest BCUT2D eigenvalue weighted by Gasteiger charge is 2.26. The van der Waals surface area contributed by atoms with Crippen LogP contribution in [-0.2, 0) is 9.47 Å². The van der Waals surface area contributed by atoms with Gasteiger partial charge in [-0.05, 0) is 44.4 Å². The van der Waals surface area contributed by atoms with E-state index < -0.39 is 6.23 Å². The maximum atomic E-state index is 10.6. The Morgan fingerprint density at radius 3 is 2.94 bits per heavy atom. The Hall–Kier alpha value is -2.63. The van der Waals surface area contributed by atoms with Crippen LogP contribution in [0.4, 0.5) is 5.82 Å². The molecule has 5 heterocycles. The van der Waals surface area contributed by atoms with Crippen molar-refractivity contribution in [3.63, 3.8) is 0 Å². The Balaban J connectivity index is 1.68. The van der Waals surface area contributed by atoms with Gasteiger partial charge >= 0.3 is 0 Å². The number of aliphatic hydroxyl groups is 1. The molecule has 2 aliphatic rings. The van der Waals surface area contributed by atoms with E-state index in [0.717, 1.165) is 42.8 Å². The van der Waals surface area contributed by atoms with Crippen molar-refractivity contribution in [1.82, 2.24) is 25.2 Å². The lowest BCUT2D eigenvalue weighted by atomic mass is 10.1. The maximum Gasteiger partial charge on any atom is 0.150 e. The summed E-state index contributed by atoms with van der Waals surface area (Å²) < 4.78 is 13.5. The lowest BCUT2D eigenvalue weighted by Gasteiger charge is -2.35. The number of ether oxygens (including phenoxy) is 2. The molecule has 0 bridgehead atoms. The van der Waals surface area contributed by atoms with Gasteiger partial charge in [-0.2, -0.15) is 5.10 Å². The van der Waals surface area contributed by atoms with Crippen LogP contribution in [0, 0.1) is 0 Å². The van der Waals surface area contributed by atoms with Crippen molar-refractivity contribution in [3.8, 4) is 11.4 Å². The topological polar surface area (TPSA) is 124 Å². The van der Waals surface area contributed by atoms with Gasteiger partial charge in [0, 0.05) is 36.5 Å². The number of hydrazine groups is 1. The number of morpholine rings is 1. The summed E-state index contributed by atoms with van der Waals surface area (Å²) in [5, 5.41) is 15.9. The van der Waals surface area contributed by atoms with Crippen LogP contribution >= 0.6 is 0 Å². The van der Waals surface area contributed by atoms with Crippen LogP contribution in [0.1, 0.15) is 44.2 Å². The van der Waals surface area contributed by atoms with Crippen molar-refractivity contribution in [2.24, 2.45) is 5.84 Å². The number of hydrogen-bond acceptors (Lipinski definition) is 9. The molecule has 2 fully saturated rings. The summed E-state index contributed by atoms with van der Waals surface area (Å²) in [4.78, 5) is 11.9. The summed E-state index contributed by atoms with van der Waals surface area (Å²) in [7, 11) is 0. The van der Waals surface area contributed by atoms with Gasteiger partial charge in [0.05, 0.1) is 24.9 Å². The number of hydrogen-bond donors (Lipinski definition) is 3. The molecule has 10 heteroatoms. The molecule has 2 aliphatic heterocycles. The number of rotatable bonds is 5. The van der Waals surface area contributed by atoms with Crippen LogP contribution in [0.3, 0.4) is 0 Å². The molecule has 10 nitrogen and oxygen atoms in total. The number of nitrogens with one attached hydrogen (secondary N) is 1. The minimum Gasteiger partial charge on any atom is -0.377 e. The highest BCUT2D eigenvalue weighted by molar-refractivity contribution is 5.94. The summed E-state index contributed by atoms with van der Waals surface area (Å²) in [5.41, 5.74) is 5.33. The smallest absolute Gasteiger partial charge is 0.150 e. The van der Waals surface area contributed by atoms with Gasteiger partial charge in [-0.1, -0.05) is 0 Å². The monoisotopic (exact) mass is 439 g/mol. The standard InChI is InChI=1S/C22H29N7O3/c1-14-13-31-11-9-28(14)18-12-16(22(30)27-23)15-5-7-24-21(20(15)26-18)17-6-8-25-29(17)19-4-2-3-10-32-19/h5-8,12,14,19,22,27,30H,2-4,9-11,13,23H2,1H3/t14-,19?,22?/m1/s1. The first kappa shape index (κ1) is 21.2. The van der Waals surface area contributed by atoms with Crippen molar-refractivity contribution in [2.45, 2.75) is 44.7 Å². The molecule has 0 radical (unpaired) electrons. The van der Waals surface area contributed by atoms with E-state index in [-0.39, 0.29) is 12.3 Å². The number of nitrogens with two attached hydrogens (primary N) is 1. The lowest BCUT2D eigenvalue weighted by molar-refractivity contribution is -0.0383. The van der Waals surface area contributed by atoms with Gasteiger partial charge in [0.25, 0.3) is 0 Å². The van der Waals surface area contributed by atoms with Gasteiger partial charge in [0.2, 0.25) is 0 Å². The van der Waals surface area contributed by atoms with E-state index in [1.165, 1.54) is 0 Å². The average Bonchev–Trinajstić information content (AvgIpc) is 3.33. The lowest BCUT2D eigenvalue weighted by Crippen LogP contribution is -2.44. The van der Waals surface area contributed by atoms with Crippen molar-refractivity contribution < 1.29 is 14.6 Å². The molecule has 3 aromatic rings. The molecular formula is C22H29N7O3. The number of aromatic nitrogens is 4. The Labute approximate surface area is 186 Å². The zero-order valence-electron chi connectivity index (χ0n) is 18.1. The molecule has 3 aromatic heterocycles. The van der Waals surface area contributed by atoms with Crippen LogP contribution in [0.2, 0.25) is 0 Å². The Kier molecular flexibility index (Phi) is 6.03. The van der Waals surface area contributed by atoms with Crippen molar-refractivity contribution in [2.75, 3.05) is 31.3 Å². The summed E-state index contributed by atoms with van der Waals surface area (Å²) in [6.45, 7) is 4.79. The number of pyridine rings is 2. The average molecular weight is 440 g/mol. The van der Waals surface area contributed by atoms with Gasteiger partial charge in [0.15, 0.2) is 6.23 Å². The molecule has 0 spiro atoms. The van der Waals surface area contributed by atoms with Crippen LogP contribution in [0.5, 0.6) is 0 Å². The molecule has 0 saturated carbocycles. The van der Waals surface area contributed by atoms with E-state index >= 15 is 0 Å². The van der Waals surface area contributed by atoms with E-state index in [2.05, 4.69) is 27.3 Å². The molecule has 4 N–H and O–H groups in total. The van der Waals surface area contributed by atoms with E-state index in [4.69, 9.17) is 20.3 Å². The molecule has 32 heavy (non-hydrogen) atoms. The first-order valence-corrected chi connectivity index (χ1v) is 11.1. The first-order valence-electron chi connectivity index (χ1n) is 11.1. The van der Waals surface area contributed by atoms with Gasteiger partial charge in [-0.3, -0.25) is 10.8 Å². The molecule has 5 rings (SSSR count). The first-order chi connectivity index (χ1) is 15.7. The van der Waals surface area contributed by atoms with Crippen molar-refractivity contribution in [1.29, 1.82) is 0 Å². The molecule has 0 aromatic carbocycles. The van der Waals surface area contributed by atoms with Gasteiger partial charge in [-0.25, -0.2) is 15.1 Å². The third kappa shape index (κ3) is 3.84. The predicted molar refractivity (Wildman–Crippen MR) is 120 cm³/mol. The van der Waals surface area contributed by atoms with E-state index in [1.54, 1.807) is 12.4 Å². The van der Waals surface area contributed by atoms with E-state index in [9.17, 15) is 5.11 Å². The van der Waals surface area contributed by atoms with Gasteiger partial charge in [-0.15, -0.1) is 0 Å². The highest BCUT2D eigenvalue weighted by Crippen LogP contribution is 2.34. The fourth-order valence-electron chi connectivity index (χ4n) is 4.53. The minimum atomic E-state index is -1.04. The summed E-state index contributed by atoms with van der Waals surface area (Å²) in [6.07, 6.45) is 5.39. The fourth-order valence-corrected chi connectivity index (χ4v) is 4.53. The largest absolute Gasteiger partial charge is 0.377 e. The third-order valence-electron chi connectivity index (χ3n) is 6.20. The minimum absolute atomic E-state index is 0.121. The second kappa shape index (κ2) is 9.08. The van der Waals surface area contributed by atoms with Crippen LogP contribution in [0.25, 0.3) is 22.3 Å². The Morgan fingerprint density at radius 1 is 1.25 bits per heavy atom.